The van der Waals surface area contributed by atoms with E-state index in [0.717, 1.165) is 45.3 Å². The summed E-state index contributed by atoms with van der Waals surface area (Å²) in [6.07, 6.45) is 3.43. The third kappa shape index (κ3) is 6.98. The number of hydrogen-bond donors (Lipinski definition) is 3. The maximum atomic E-state index is 12.9. The molecule has 0 radical (unpaired) electrons. The Morgan fingerprint density at radius 2 is 1.77 bits per heavy atom. The molecule has 10 nitrogen and oxygen atoms in total. The van der Waals surface area contributed by atoms with Crippen LogP contribution in [0.25, 0.3) is 5.57 Å². The van der Waals surface area contributed by atoms with Crippen molar-refractivity contribution >= 4 is 33.4 Å². The van der Waals surface area contributed by atoms with Gasteiger partial charge in [0.2, 0.25) is 11.8 Å². The van der Waals surface area contributed by atoms with Crippen molar-refractivity contribution in [1.82, 2.24) is 24.6 Å². The number of piperazine rings is 1. The summed E-state index contributed by atoms with van der Waals surface area (Å²) in [6, 6.07) is 7.49. The van der Waals surface area contributed by atoms with Gasteiger partial charge in [0.15, 0.2) is 0 Å². The second kappa shape index (κ2) is 11.2. The van der Waals surface area contributed by atoms with Crippen LogP contribution in [0.4, 0.5) is 13.2 Å². The molecule has 1 aromatic carbocycles. The average Bonchev–Trinajstić information content (AvgIpc) is 3.77. The van der Waals surface area contributed by atoms with Gasteiger partial charge in [0.25, 0.3) is 10.2 Å². The molecule has 2 amide bonds. The third-order valence-corrected chi connectivity index (χ3v) is 8.53. The number of fused-ring (bicyclic) bond motifs is 2. The molecule has 0 spiro atoms. The highest BCUT2D eigenvalue weighted by Gasteiger charge is 2.34. The Hall–Kier alpha value is -3.49. The van der Waals surface area contributed by atoms with E-state index >= 15 is 0 Å². The number of nitrogens with one attached hydrogen (secondary N) is 3. The lowest BCUT2D eigenvalue weighted by atomic mass is 9.95. The summed E-state index contributed by atoms with van der Waals surface area (Å²) in [5.74, 6) is 1.02. The van der Waals surface area contributed by atoms with Crippen LogP contribution in [0.5, 0.6) is 0 Å². The van der Waals surface area contributed by atoms with Crippen molar-refractivity contribution in [3.8, 4) is 0 Å². The van der Waals surface area contributed by atoms with Gasteiger partial charge in [-0.3, -0.25) is 9.59 Å². The quantitative estimate of drug-likeness (QED) is 0.434. The first kappa shape index (κ1) is 28.1. The minimum absolute atomic E-state index is 0.0331. The Morgan fingerprint density at radius 3 is 2.42 bits per heavy atom. The van der Waals surface area contributed by atoms with Crippen molar-refractivity contribution < 1.29 is 31.2 Å². The molecule has 0 atom stereocenters. The summed E-state index contributed by atoms with van der Waals surface area (Å²) in [7, 11) is -4.28. The van der Waals surface area contributed by atoms with Gasteiger partial charge < -0.3 is 15.5 Å². The molecule has 3 aliphatic heterocycles. The molecule has 5 rings (SSSR count). The van der Waals surface area contributed by atoms with Gasteiger partial charge in [0, 0.05) is 44.7 Å². The van der Waals surface area contributed by atoms with Crippen LogP contribution in [-0.2, 0) is 26.2 Å². The highest BCUT2D eigenvalue weighted by Crippen LogP contribution is 2.31. The molecule has 1 aromatic rings. The summed E-state index contributed by atoms with van der Waals surface area (Å²) in [5, 5.41) is 6.03. The predicted molar refractivity (Wildman–Crippen MR) is 141 cm³/mol. The van der Waals surface area contributed by atoms with Gasteiger partial charge in [-0.05, 0) is 47.3 Å². The van der Waals surface area contributed by atoms with Crippen LogP contribution in [0.1, 0.15) is 30.4 Å². The van der Waals surface area contributed by atoms with Crippen molar-refractivity contribution in [2.75, 3.05) is 32.7 Å². The van der Waals surface area contributed by atoms with Gasteiger partial charge in [-0.25, -0.2) is 4.99 Å². The summed E-state index contributed by atoms with van der Waals surface area (Å²) < 4.78 is 63.9. The predicted octanol–water partition coefficient (Wildman–Crippen LogP) is 1.81. The Balaban J connectivity index is 1.21. The molecular formula is C26H29F3N6O4S. The van der Waals surface area contributed by atoms with E-state index in [1.54, 1.807) is 4.72 Å². The van der Waals surface area contributed by atoms with Gasteiger partial charge in [-0.15, -0.1) is 0 Å². The molecule has 1 aliphatic carbocycles. The topological polar surface area (TPSA) is 123 Å². The van der Waals surface area contributed by atoms with Crippen LogP contribution in [0.3, 0.4) is 0 Å². The molecule has 1 saturated heterocycles. The zero-order valence-electron chi connectivity index (χ0n) is 21.5. The van der Waals surface area contributed by atoms with Crippen molar-refractivity contribution in [2.24, 2.45) is 10.9 Å². The fourth-order valence-electron chi connectivity index (χ4n) is 4.63. The number of halogens is 3. The number of carbonyl (C=O) groups is 2. The number of aliphatic imine (C=N–C) groups is 1. The fourth-order valence-corrected chi connectivity index (χ4v) is 5.80. The number of hydrogen-bond acceptors (Lipinski definition) is 6. The molecular weight excluding hydrogens is 549 g/mol. The first-order valence-electron chi connectivity index (χ1n) is 12.9. The Kier molecular flexibility index (Phi) is 7.84. The molecule has 2 bridgehead atoms. The van der Waals surface area contributed by atoms with E-state index in [1.165, 1.54) is 4.90 Å². The van der Waals surface area contributed by atoms with Crippen molar-refractivity contribution in [2.45, 2.75) is 31.9 Å². The number of amidine groups is 1. The minimum atomic E-state index is -4.65. The first-order chi connectivity index (χ1) is 19.0. The van der Waals surface area contributed by atoms with E-state index in [4.69, 9.17) is 0 Å². The molecule has 40 heavy (non-hydrogen) atoms. The molecule has 4 aliphatic rings. The molecule has 0 aromatic heterocycles. The lowest BCUT2D eigenvalue weighted by Crippen LogP contribution is -2.54. The fraction of sp³-hybridized carbons (Fsp3) is 0.423. The van der Waals surface area contributed by atoms with Crippen LogP contribution in [0, 0.1) is 5.92 Å². The molecule has 3 N–H and O–H groups in total. The Bertz CT molecular complexity index is 1400. The standard InChI is InChI=1S/C26H29F3N6O4S/c27-26(28,29)16-31-40(38,39)35-11-9-34(10-12-35)24(36)13-17-1-3-18(4-2-17)21-15-23(33-25(37)19-5-6-19)32-22-14-20(21)7-8-30-22/h1-4,7-8,15,19,31H,5-6,9-14,16H2,(H,30,32)(H,33,37). The zero-order chi connectivity index (χ0) is 28.5. The van der Waals surface area contributed by atoms with E-state index < -0.39 is 22.9 Å². The number of rotatable bonds is 8. The van der Waals surface area contributed by atoms with Gasteiger partial charge >= 0.3 is 6.18 Å². The zero-order valence-corrected chi connectivity index (χ0v) is 22.3. The summed E-state index contributed by atoms with van der Waals surface area (Å²) in [4.78, 5) is 31.3. The lowest BCUT2D eigenvalue weighted by Gasteiger charge is -2.34. The monoisotopic (exact) mass is 578 g/mol. The maximum absolute atomic E-state index is 12.9. The third-order valence-electron chi connectivity index (χ3n) is 6.98. The van der Waals surface area contributed by atoms with Gasteiger partial charge in [-0.1, -0.05) is 24.3 Å². The average molecular weight is 579 g/mol. The molecule has 1 saturated carbocycles. The van der Waals surface area contributed by atoms with Crippen LogP contribution in [-0.4, -0.2) is 74.2 Å². The SMILES string of the molecule is O=C(NC1=CC(c2ccc(CC(=O)N3CCN(S(=O)(=O)NCC(F)(F)F)CC3)cc2)=C2C=CNC(=N1)C2)C1CC1. The van der Waals surface area contributed by atoms with Gasteiger partial charge in [0.05, 0.1) is 6.42 Å². The van der Waals surface area contributed by atoms with Gasteiger partial charge in [0.1, 0.15) is 18.2 Å². The number of alkyl halides is 3. The summed E-state index contributed by atoms with van der Waals surface area (Å²) in [5.41, 5.74) is 3.61. The smallest absolute Gasteiger partial charge is 0.350 e. The van der Waals surface area contributed by atoms with E-state index in [2.05, 4.69) is 15.6 Å². The largest absolute Gasteiger partial charge is 0.402 e. The number of amides is 2. The summed E-state index contributed by atoms with van der Waals surface area (Å²) >= 11 is 0. The van der Waals surface area contributed by atoms with Crippen molar-refractivity contribution in [3.63, 3.8) is 0 Å². The number of allylic oxidation sites excluding steroid dienone is 3. The van der Waals surface area contributed by atoms with E-state index in [1.807, 2.05) is 42.6 Å². The van der Waals surface area contributed by atoms with Crippen LogP contribution < -0.4 is 15.4 Å². The van der Waals surface area contributed by atoms with E-state index in [9.17, 15) is 31.2 Å². The minimum Gasteiger partial charge on any atom is -0.350 e. The van der Waals surface area contributed by atoms with Crippen LogP contribution >= 0.6 is 0 Å². The van der Waals surface area contributed by atoms with E-state index in [-0.39, 0.29) is 50.3 Å². The normalized spacial score (nSPS) is 19.9. The van der Waals surface area contributed by atoms with Crippen LogP contribution in [0.15, 0.2) is 59.0 Å². The molecule has 214 valence electrons. The Labute approximate surface area is 229 Å². The van der Waals surface area contributed by atoms with Gasteiger partial charge in [-0.2, -0.15) is 30.6 Å². The maximum Gasteiger partial charge on any atom is 0.402 e. The van der Waals surface area contributed by atoms with Crippen molar-refractivity contribution in [3.05, 3.63) is 65.1 Å². The van der Waals surface area contributed by atoms with E-state index in [0.29, 0.717) is 12.2 Å². The highest BCUT2D eigenvalue weighted by atomic mass is 32.2. The van der Waals surface area contributed by atoms with Crippen molar-refractivity contribution in [1.29, 1.82) is 0 Å². The molecule has 14 heteroatoms. The molecule has 2 fully saturated rings. The second-order valence-electron chi connectivity index (χ2n) is 10.0. The first-order valence-corrected chi connectivity index (χ1v) is 14.4. The number of carbonyl (C=O) groups excluding carboxylic acids is 2. The lowest BCUT2D eigenvalue weighted by molar-refractivity contribution is -0.131. The number of benzene rings is 1. The Morgan fingerprint density at radius 1 is 1.07 bits per heavy atom. The second-order valence-corrected chi connectivity index (χ2v) is 11.8. The number of nitrogens with zero attached hydrogens (tertiary/aromatic N) is 3. The van der Waals surface area contributed by atoms with Crippen LogP contribution in [0.2, 0.25) is 0 Å². The highest BCUT2D eigenvalue weighted by molar-refractivity contribution is 7.87. The molecule has 0 unspecified atom stereocenters. The summed E-state index contributed by atoms with van der Waals surface area (Å²) in [6.45, 7) is -1.65. The molecule has 3 heterocycles.